The van der Waals surface area contributed by atoms with Crippen LogP contribution in [-0.4, -0.2) is 70.2 Å². The molecule has 128 valence electrons. The zero-order chi connectivity index (χ0) is 16.7. The van der Waals surface area contributed by atoms with Gasteiger partial charge < -0.3 is 14.7 Å². The van der Waals surface area contributed by atoms with E-state index in [4.69, 9.17) is 4.98 Å². The fourth-order valence-corrected chi connectivity index (χ4v) is 4.41. The number of anilines is 1. The topological polar surface area (TPSA) is 57.5 Å². The lowest BCUT2D eigenvalue weighted by molar-refractivity contribution is 0.0725. The fourth-order valence-electron chi connectivity index (χ4n) is 3.23. The number of piperazine rings is 1. The second-order valence-electron chi connectivity index (χ2n) is 6.47. The quantitative estimate of drug-likeness (QED) is 0.806. The molecule has 2 aliphatic heterocycles. The summed E-state index contributed by atoms with van der Waals surface area (Å²) in [7, 11) is 3.97. The second kappa shape index (κ2) is 6.18. The molecule has 1 saturated heterocycles. The Kier molecular flexibility index (Phi) is 4.01. The van der Waals surface area contributed by atoms with Crippen molar-refractivity contribution in [1.82, 2.24) is 24.6 Å². The van der Waals surface area contributed by atoms with E-state index in [9.17, 15) is 4.79 Å². The highest BCUT2D eigenvalue weighted by atomic mass is 32.1. The molecule has 1 fully saturated rings. The third kappa shape index (κ3) is 2.80. The van der Waals surface area contributed by atoms with Crippen molar-refractivity contribution in [3.8, 4) is 0 Å². The van der Waals surface area contributed by atoms with Crippen LogP contribution in [-0.2, 0) is 20.0 Å². The second-order valence-corrected chi connectivity index (χ2v) is 7.54. The first-order valence-electron chi connectivity index (χ1n) is 8.31. The van der Waals surface area contributed by atoms with Gasteiger partial charge in [0.15, 0.2) is 5.13 Å². The molecule has 0 aliphatic carbocycles. The van der Waals surface area contributed by atoms with Crippen LogP contribution in [0.25, 0.3) is 0 Å². The van der Waals surface area contributed by atoms with Crippen LogP contribution in [0.15, 0.2) is 12.3 Å². The summed E-state index contributed by atoms with van der Waals surface area (Å²) >= 11 is 1.75. The van der Waals surface area contributed by atoms with Crippen LogP contribution in [0, 0.1) is 0 Å². The van der Waals surface area contributed by atoms with Gasteiger partial charge in [0.25, 0.3) is 5.91 Å². The zero-order valence-electron chi connectivity index (χ0n) is 14.1. The summed E-state index contributed by atoms with van der Waals surface area (Å²) in [4.78, 5) is 25.4. The van der Waals surface area contributed by atoms with Gasteiger partial charge in [0.2, 0.25) is 0 Å². The maximum atomic E-state index is 12.7. The third-order valence-corrected chi connectivity index (χ3v) is 5.96. The first-order valence-corrected chi connectivity index (χ1v) is 9.13. The number of amides is 1. The van der Waals surface area contributed by atoms with E-state index >= 15 is 0 Å². The Morgan fingerprint density at radius 2 is 1.96 bits per heavy atom. The van der Waals surface area contributed by atoms with Crippen molar-refractivity contribution >= 4 is 22.4 Å². The van der Waals surface area contributed by atoms with Crippen LogP contribution in [0.4, 0.5) is 5.13 Å². The van der Waals surface area contributed by atoms with E-state index in [1.165, 1.54) is 10.6 Å². The molecule has 2 aromatic heterocycles. The lowest BCUT2D eigenvalue weighted by Crippen LogP contribution is -2.44. The normalized spacial score (nSPS) is 18.8. The summed E-state index contributed by atoms with van der Waals surface area (Å²) in [6.45, 7) is 5.60. The summed E-state index contributed by atoms with van der Waals surface area (Å²) < 4.78 is 1.64. The number of rotatable bonds is 2. The lowest BCUT2D eigenvalue weighted by atomic mass is 10.1. The number of aromatic nitrogens is 3. The number of hydrogen-bond donors (Lipinski definition) is 0. The predicted molar refractivity (Wildman–Crippen MR) is 93.5 cm³/mol. The number of thiazole rings is 1. The SMILES string of the molecule is CN1CCN(c2nc3c(s2)CN(C(=O)c2ccnn2C)CC3)CC1. The molecule has 0 radical (unpaired) electrons. The Labute approximate surface area is 145 Å². The molecule has 4 rings (SSSR count). The van der Waals surface area contributed by atoms with Crippen molar-refractivity contribution in [2.45, 2.75) is 13.0 Å². The highest BCUT2D eigenvalue weighted by Gasteiger charge is 2.27. The molecule has 2 aliphatic rings. The predicted octanol–water partition coefficient (Wildman–Crippen LogP) is 0.827. The molecule has 24 heavy (non-hydrogen) atoms. The largest absolute Gasteiger partial charge is 0.346 e. The zero-order valence-corrected chi connectivity index (χ0v) is 14.9. The molecular formula is C16H22N6OS. The van der Waals surface area contributed by atoms with E-state index in [0.29, 0.717) is 12.2 Å². The number of hydrogen-bond acceptors (Lipinski definition) is 6. The third-order valence-electron chi connectivity index (χ3n) is 4.82. The Morgan fingerprint density at radius 1 is 1.17 bits per heavy atom. The van der Waals surface area contributed by atoms with Gasteiger partial charge in [-0.3, -0.25) is 9.48 Å². The highest BCUT2D eigenvalue weighted by molar-refractivity contribution is 7.15. The first-order chi connectivity index (χ1) is 11.6. The molecule has 0 N–H and O–H groups in total. The lowest BCUT2D eigenvalue weighted by Gasteiger charge is -2.32. The summed E-state index contributed by atoms with van der Waals surface area (Å²) in [6, 6.07) is 1.78. The van der Waals surface area contributed by atoms with E-state index in [0.717, 1.165) is 44.3 Å². The van der Waals surface area contributed by atoms with Gasteiger partial charge in [-0.05, 0) is 13.1 Å². The van der Waals surface area contributed by atoms with Gasteiger partial charge in [0.1, 0.15) is 5.69 Å². The van der Waals surface area contributed by atoms with Crippen LogP contribution in [0.5, 0.6) is 0 Å². The van der Waals surface area contributed by atoms with Crippen LogP contribution in [0.2, 0.25) is 0 Å². The minimum absolute atomic E-state index is 0.0511. The van der Waals surface area contributed by atoms with E-state index in [1.54, 1.807) is 35.3 Å². The number of aryl methyl sites for hydroxylation is 1. The number of carbonyl (C=O) groups is 1. The average Bonchev–Trinajstić information content (AvgIpc) is 3.20. The summed E-state index contributed by atoms with van der Waals surface area (Å²) in [5.74, 6) is 0.0511. The van der Waals surface area contributed by atoms with Gasteiger partial charge in [-0.2, -0.15) is 5.10 Å². The Morgan fingerprint density at radius 3 is 2.67 bits per heavy atom. The molecule has 0 saturated carbocycles. The van der Waals surface area contributed by atoms with Crippen molar-refractivity contribution in [1.29, 1.82) is 0 Å². The average molecular weight is 346 g/mol. The molecule has 0 bridgehead atoms. The molecular weight excluding hydrogens is 324 g/mol. The number of likely N-dealkylation sites (N-methyl/N-ethyl adjacent to an activating group) is 1. The minimum Gasteiger partial charge on any atom is -0.346 e. The van der Waals surface area contributed by atoms with E-state index in [-0.39, 0.29) is 5.91 Å². The highest BCUT2D eigenvalue weighted by Crippen LogP contribution is 2.31. The number of carbonyl (C=O) groups excluding carboxylic acids is 1. The van der Waals surface area contributed by atoms with Gasteiger partial charge >= 0.3 is 0 Å². The van der Waals surface area contributed by atoms with Gasteiger partial charge in [0, 0.05) is 57.3 Å². The molecule has 0 aromatic carbocycles. The van der Waals surface area contributed by atoms with Crippen molar-refractivity contribution < 1.29 is 4.79 Å². The maximum Gasteiger partial charge on any atom is 0.272 e. The smallest absolute Gasteiger partial charge is 0.272 e. The summed E-state index contributed by atoms with van der Waals surface area (Å²) in [5.41, 5.74) is 1.81. The van der Waals surface area contributed by atoms with Crippen LogP contribution >= 0.6 is 11.3 Å². The Bertz CT molecular complexity index is 746. The molecule has 0 spiro atoms. The monoisotopic (exact) mass is 346 g/mol. The number of nitrogens with zero attached hydrogens (tertiary/aromatic N) is 6. The molecule has 2 aromatic rings. The van der Waals surface area contributed by atoms with Crippen molar-refractivity contribution in [2.24, 2.45) is 7.05 Å². The molecule has 8 heteroatoms. The van der Waals surface area contributed by atoms with E-state index in [2.05, 4.69) is 21.9 Å². The van der Waals surface area contributed by atoms with Crippen LogP contribution < -0.4 is 4.90 Å². The van der Waals surface area contributed by atoms with Gasteiger partial charge in [-0.1, -0.05) is 11.3 Å². The van der Waals surface area contributed by atoms with Crippen LogP contribution in [0.3, 0.4) is 0 Å². The Balaban J connectivity index is 1.49. The summed E-state index contributed by atoms with van der Waals surface area (Å²) in [5, 5.41) is 5.21. The van der Waals surface area contributed by atoms with E-state index in [1.807, 2.05) is 4.90 Å². The van der Waals surface area contributed by atoms with Gasteiger partial charge in [-0.25, -0.2) is 4.98 Å². The van der Waals surface area contributed by atoms with Crippen LogP contribution in [0.1, 0.15) is 21.1 Å². The Hall–Kier alpha value is -1.93. The van der Waals surface area contributed by atoms with Gasteiger partial charge in [0.05, 0.1) is 12.2 Å². The molecule has 0 atom stereocenters. The fraction of sp³-hybridized carbons (Fsp3) is 0.562. The van der Waals surface area contributed by atoms with Crippen molar-refractivity contribution in [3.63, 3.8) is 0 Å². The molecule has 4 heterocycles. The molecule has 0 unspecified atom stereocenters. The number of fused-ring (bicyclic) bond motifs is 1. The van der Waals surface area contributed by atoms with Gasteiger partial charge in [-0.15, -0.1) is 0 Å². The van der Waals surface area contributed by atoms with E-state index < -0.39 is 0 Å². The first kappa shape index (κ1) is 15.6. The molecule has 1 amide bonds. The molecule has 7 nitrogen and oxygen atoms in total. The summed E-state index contributed by atoms with van der Waals surface area (Å²) in [6.07, 6.45) is 2.50. The standard InChI is InChI=1S/C16H22N6OS/c1-19-7-9-21(10-8-19)16-18-12-4-6-22(11-14(12)24-16)15(23)13-3-5-17-20(13)2/h3,5H,4,6-11H2,1-2H3. The maximum absolute atomic E-state index is 12.7. The van der Waals surface area contributed by atoms with Crippen molar-refractivity contribution in [2.75, 3.05) is 44.7 Å². The minimum atomic E-state index is 0.0511. The van der Waals surface area contributed by atoms with Crippen molar-refractivity contribution in [3.05, 3.63) is 28.5 Å².